The van der Waals surface area contributed by atoms with Crippen molar-refractivity contribution in [2.45, 2.75) is 6.42 Å². The summed E-state index contributed by atoms with van der Waals surface area (Å²) in [6.07, 6.45) is -0.435. The standard InChI is InChI=1S/C9H8O5/c10-6-1-2-7(11)5(3-6)4-8(12)9(13)14/h1-3,10-11H,4H2,(H,13,14). The van der Waals surface area contributed by atoms with Gasteiger partial charge < -0.3 is 15.3 Å². The second kappa shape index (κ2) is 3.78. The van der Waals surface area contributed by atoms with Crippen LogP contribution >= 0.6 is 0 Å². The first-order valence-electron chi connectivity index (χ1n) is 3.77. The number of benzene rings is 1. The highest BCUT2D eigenvalue weighted by Gasteiger charge is 2.14. The van der Waals surface area contributed by atoms with Crippen molar-refractivity contribution in [3.63, 3.8) is 0 Å². The third-order valence-corrected chi connectivity index (χ3v) is 1.65. The molecule has 0 aliphatic rings. The largest absolute Gasteiger partial charge is 0.508 e. The smallest absolute Gasteiger partial charge is 0.372 e. The topological polar surface area (TPSA) is 94.8 Å². The maximum atomic E-state index is 10.8. The van der Waals surface area contributed by atoms with Gasteiger partial charge in [0.1, 0.15) is 11.5 Å². The normalized spacial score (nSPS) is 9.71. The van der Waals surface area contributed by atoms with E-state index in [1.807, 2.05) is 0 Å². The molecule has 0 aliphatic heterocycles. The van der Waals surface area contributed by atoms with E-state index < -0.39 is 18.2 Å². The van der Waals surface area contributed by atoms with Crippen molar-refractivity contribution in [3.8, 4) is 11.5 Å². The van der Waals surface area contributed by atoms with E-state index in [2.05, 4.69) is 0 Å². The van der Waals surface area contributed by atoms with E-state index in [4.69, 9.17) is 10.2 Å². The van der Waals surface area contributed by atoms with E-state index >= 15 is 0 Å². The second-order valence-electron chi connectivity index (χ2n) is 2.72. The molecular weight excluding hydrogens is 188 g/mol. The number of aromatic hydroxyl groups is 2. The van der Waals surface area contributed by atoms with Crippen LogP contribution in [0.2, 0.25) is 0 Å². The number of aliphatic carboxylic acids is 1. The van der Waals surface area contributed by atoms with Gasteiger partial charge >= 0.3 is 5.97 Å². The van der Waals surface area contributed by atoms with E-state index in [9.17, 15) is 14.7 Å². The lowest BCUT2D eigenvalue weighted by molar-refractivity contribution is -0.148. The fourth-order valence-electron chi connectivity index (χ4n) is 0.962. The van der Waals surface area contributed by atoms with Crippen molar-refractivity contribution < 1.29 is 24.9 Å². The first kappa shape index (κ1) is 10.0. The molecule has 3 N–H and O–H groups in total. The average molecular weight is 196 g/mol. The third kappa shape index (κ3) is 2.22. The number of phenols is 2. The van der Waals surface area contributed by atoms with Gasteiger partial charge in [0.2, 0.25) is 5.78 Å². The summed E-state index contributed by atoms with van der Waals surface area (Å²) >= 11 is 0. The summed E-state index contributed by atoms with van der Waals surface area (Å²) in [6.45, 7) is 0. The first-order valence-corrected chi connectivity index (χ1v) is 3.77. The summed E-state index contributed by atoms with van der Waals surface area (Å²) in [7, 11) is 0. The summed E-state index contributed by atoms with van der Waals surface area (Å²) in [5, 5.41) is 26.5. The Kier molecular flexibility index (Phi) is 2.71. The Balaban J connectivity index is 2.91. The van der Waals surface area contributed by atoms with Crippen LogP contribution < -0.4 is 0 Å². The second-order valence-corrected chi connectivity index (χ2v) is 2.72. The zero-order valence-corrected chi connectivity index (χ0v) is 7.10. The number of hydrogen-bond donors (Lipinski definition) is 3. The van der Waals surface area contributed by atoms with E-state index in [0.717, 1.165) is 6.07 Å². The quantitative estimate of drug-likeness (QED) is 0.477. The molecule has 1 aromatic rings. The van der Waals surface area contributed by atoms with Gasteiger partial charge in [0, 0.05) is 12.0 Å². The van der Waals surface area contributed by atoms with Crippen molar-refractivity contribution in [1.82, 2.24) is 0 Å². The molecule has 0 fully saturated rings. The number of carboxylic acid groups (broad SMARTS) is 1. The summed E-state index contributed by atoms with van der Waals surface area (Å²) in [6, 6.07) is 3.58. The Morgan fingerprint density at radius 3 is 2.43 bits per heavy atom. The maximum absolute atomic E-state index is 10.8. The van der Waals surface area contributed by atoms with Gasteiger partial charge in [-0.25, -0.2) is 4.79 Å². The zero-order chi connectivity index (χ0) is 10.7. The van der Waals surface area contributed by atoms with Crippen LogP contribution in [-0.2, 0) is 16.0 Å². The number of phenolic OH excluding ortho intramolecular Hbond substituents is 2. The zero-order valence-electron chi connectivity index (χ0n) is 7.10. The molecule has 0 unspecified atom stereocenters. The first-order chi connectivity index (χ1) is 6.50. The van der Waals surface area contributed by atoms with Crippen molar-refractivity contribution in [1.29, 1.82) is 0 Å². The molecule has 0 amide bonds. The molecule has 74 valence electrons. The Bertz CT molecular complexity index is 383. The summed E-state index contributed by atoms with van der Waals surface area (Å²) in [4.78, 5) is 21.0. The number of carbonyl (C=O) groups is 2. The lowest BCUT2D eigenvalue weighted by Crippen LogP contribution is -2.15. The highest BCUT2D eigenvalue weighted by atomic mass is 16.4. The molecule has 5 heteroatoms. The van der Waals surface area contributed by atoms with Crippen LogP contribution in [0, 0.1) is 0 Å². The molecule has 1 aromatic carbocycles. The molecule has 0 spiro atoms. The van der Waals surface area contributed by atoms with Gasteiger partial charge in [0.25, 0.3) is 0 Å². The predicted molar refractivity (Wildman–Crippen MR) is 46.1 cm³/mol. The maximum Gasteiger partial charge on any atom is 0.372 e. The minimum absolute atomic E-state index is 0.0948. The molecule has 0 aromatic heterocycles. The molecule has 0 heterocycles. The van der Waals surface area contributed by atoms with Gasteiger partial charge in [0.15, 0.2) is 0 Å². The molecule has 0 saturated heterocycles. The molecule has 0 aliphatic carbocycles. The molecule has 0 radical (unpaired) electrons. The van der Waals surface area contributed by atoms with Gasteiger partial charge in [-0.3, -0.25) is 4.79 Å². The lowest BCUT2D eigenvalue weighted by atomic mass is 10.1. The Morgan fingerprint density at radius 2 is 1.86 bits per heavy atom. The molecule has 1 rings (SSSR count). The van der Waals surface area contributed by atoms with E-state index in [0.29, 0.717) is 0 Å². The van der Waals surface area contributed by atoms with Gasteiger partial charge in [-0.05, 0) is 18.2 Å². The highest BCUT2D eigenvalue weighted by molar-refractivity contribution is 6.33. The monoisotopic (exact) mass is 196 g/mol. The molecule has 0 atom stereocenters. The Hall–Kier alpha value is -2.04. The minimum atomic E-state index is -1.56. The van der Waals surface area contributed by atoms with Crippen molar-refractivity contribution in [2.75, 3.05) is 0 Å². The van der Waals surface area contributed by atoms with Crippen LogP contribution in [0.25, 0.3) is 0 Å². The van der Waals surface area contributed by atoms with Crippen LogP contribution in [0.1, 0.15) is 5.56 Å². The van der Waals surface area contributed by atoms with E-state index in [1.165, 1.54) is 12.1 Å². The highest BCUT2D eigenvalue weighted by Crippen LogP contribution is 2.22. The lowest BCUT2D eigenvalue weighted by Gasteiger charge is -2.02. The summed E-state index contributed by atoms with van der Waals surface area (Å²) in [5.41, 5.74) is 0.0948. The fourth-order valence-corrected chi connectivity index (χ4v) is 0.962. The third-order valence-electron chi connectivity index (χ3n) is 1.65. The molecule has 0 bridgehead atoms. The van der Waals surface area contributed by atoms with Crippen LogP contribution in [-0.4, -0.2) is 27.1 Å². The number of rotatable bonds is 3. The van der Waals surface area contributed by atoms with Crippen molar-refractivity contribution >= 4 is 11.8 Å². The molecular formula is C9H8O5. The number of ketones is 1. The molecule has 14 heavy (non-hydrogen) atoms. The van der Waals surface area contributed by atoms with Crippen LogP contribution in [0.15, 0.2) is 18.2 Å². The van der Waals surface area contributed by atoms with Crippen LogP contribution in [0.5, 0.6) is 11.5 Å². The van der Waals surface area contributed by atoms with Gasteiger partial charge in [-0.2, -0.15) is 0 Å². The van der Waals surface area contributed by atoms with Crippen molar-refractivity contribution in [3.05, 3.63) is 23.8 Å². The number of Topliss-reactive ketones (excluding diaryl/α,β-unsaturated/α-hetero) is 1. The van der Waals surface area contributed by atoms with Crippen molar-refractivity contribution in [2.24, 2.45) is 0 Å². The average Bonchev–Trinajstić information content (AvgIpc) is 2.11. The molecule has 0 saturated carbocycles. The van der Waals surface area contributed by atoms with Gasteiger partial charge in [-0.15, -0.1) is 0 Å². The van der Waals surface area contributed by atoms with Crippen LogP contribution in [0.4, 0.5) is 0 Å². The minimum Gasteiger partial charge on any atom is -0.508 e. The predicted octanol–water partition coefficient (Wildman–Crippen LogP) is 0.294. The van der Waals surface area contributed by atoms with E-state index in [-0.39, 0.29) is 17.1 Å². The van der Waals surface area contributed by atoms with Gasteiger partial charge in [-0.1, -0.05) is 0 Å². The molecule has 5 nitrogen and oxygen atoms in total. The van der Waals surface area contributed by atoms with E-state index in [1.54, 1.807) is 0 Å². The number of carboxylic acids is 1. The number of carbonyl (C=O) groups excluding carboxylic acids is 1. The SMILES string of the molecule is O=C(O)C(=O)Cc1cc(O)ccc1O. The summed E-state index contributed by atoms with van der Waals surface area (Å²) in [5.74, 6) is -2.94. The summed E-state index contributed by atoms with van der Waals surface area (Å²) < 4.78 is 0. The number of hydrogen-bond acceptors (Lipinski definition) is 4. The Morgan fingerprint density at radius 1 is 1.21 bits per heavy atom. The van der Waals surface area contributed by atoms with Crippen LogP contribution in [0.3, 0.4) is 0 Å². The fraction of sp³-hybridized carbons (Fsp3) is 0.111. The van der Waals surface area contributed by atoms with Gasteiger partial charge in [0.05, 0.1) is 0 Å². The Labute approximate surface area is 79.2 Å².